The molecule has 1 N–H and O–H groups in total. The Bertz CT molecular complexity index is 871. The minimum absolute atomic E-state index is 0.379. The average molecular weight is 403 g/mol. The van der Waals surface area contributed by atoms with Crippen molar-refractivity contribution in [3.8, 4) is 11.5 Å². The largest absolute Gasteiger partial charge is 0.493 e. The van der Waals surface area contributed by atoms with E-state index in [1.165, 1.54) is 0 Å². The van der Waals surface area contributed by atoms with Crippen LogP contribution in [0.25, 0.3) is 0 Å². The third kappa shape index (κ3) is 5.60. The van der Waals surface area contributed by atoms with Gasteiger partial charge in [-0.15, -0.1) is 0 Å². The lowest BCUT2D eigenvalue weighted by Crippen LogP contribution is -2.13. The lowest BCUT2D eigenvalue weighted by Gasteiger charge is -2.15. The first-order chi connectivity index (χ1) is 13.2. The molecule has 0 bridgehead atoms. The molecule has 0 aliphatic rings. The molecule has 4 nitrogen and oxygen atoms in total. The quantitative estimate of drug-likeness (QED) is 0.557. The highest BCUT2D eigenvalue weighted by Gasteiger charge is 2.12. The molecule has 0 saturated heterocycles. The van der Waals surface area contributed by atoms with Gasteiger partial charge in [0.25, 0.3) is 0 Å². The molecular formula is C21H20Cl2N2O2. The van der Waals surface area contributed by atoms with Gasteiger partial charge in [0.1, 0.15) is 6.61 Å². The summed E-state index contributed by atoms with van der Waals surface area (Å²) in [6, 6.07) is 17.1. The normalized spacial score (nSPS) is 10.6. The average Bonchev–Trinajstić information content (AvgIpc) is 2.69. The Morgan fingerprint density at radius 3 is 2.48 bits per heavy atom. The SMILES string of the molecule is COc1cc(CNCc2ccccn2)cc(Cl)c1OCc1ccc(Cl)cc1. The van der Waals surface area contributed by atoms with Gasteiger partial charge in [0, 0.05) is 24.3 Å². The van der Waals surface area contributed by atoms with E-state index in [4.69, 9.17) is 32.7 Å². The molecule has 6 heteroatoms. The highest BCUT2D eigenvalue weighted by Crippen LogP contribution is 2.37. The Labute approximate surface area is 169 Å². The van der Waals surface area contributed by atoms with Gasteiger partial charge in [0.05, 0.1) is 17.8 Å². The topological polar surface area (TPSA) is 43.4 Å². The van der Waals surface area contributed by atoms with Crippen molar-refractivity contribution in [1.29, 1.82) is 0 Å². The molecule has 0 aliphatic carbocycles. The number of hydrogen-bond donors (Lipinski definition) is 1. The summed E-state index contributed by atoms with van der Waals surface area (Å²) in [5, 5.41) is 4.55. The maximum atomic E-state index is 6.43. The molecule has 140 valence electrons. The van der Waals surface area contributed by atoms with E-state index < -0.39 is 0 Å². The van der Waals surface area contributed by atoms with E-state index >= 15 is 0 Å². The summed E-state index contributed by atoms with van der Waals surface area (Å²) in [6.45, 7) is 1.70. The highest BCUT2D eigenvalue weighted by molar-refractivity contribution is 6.32. The number of nitrogens with one attached hydrogen (secondary N) is 1. The van der Waals surface area contributed by atoms with Gasteiger partial charge in [-0.25, -0.2) is 0 Å². The highest BCUT2D eigenvalue weighted by atomic mass is 35.5. The summed E-state index contributed by atoms with van der Waals surface area (Å²) in [5.41, 5.74) is 2.99. The Kier molecular flexibility index (Phi) is 6.93. The summed E-state index contributed by atoms with van der Waals surface area (Å²) >= 11 is 12.3. The predicted molar refractivity (Wildman–Crippen MR) is 109 cm³/mol. The fourth-order valence-corrected chi connectivity index (χ4v) is 3.00. The first-order valence-corrected chi connectivity index (χ1v) is 9.25. The molecule has 0 spiro atoms. The van der Waals surface area contributed by atoms with Gasteiger partial charge in [0.15, 0.2) is 11.5 Å². The van der Waals surface area contributed by atoms with Gasteiger partial charge in [0.2, 0.25) is 0 Å². The number of benzene rings is 2. The van der Waals surface area contributed by atoms with Crippen LogP contribution < -0.4 is 14.8 Å². The number of nitrogens with zero attached hydrogens (tertiary/aromatic N) is 1. The van der Waals surface area contributed by atoms with Gasteiger partial charge in [-0.3, -0.25) is 4.98 Å². The summed E-state index contributed by atoms with van der Waals surface area (Å²) in [7, 11) is 1.60. The minimum atomic E-state index is 0.379. The zero-order chi connectivity index (χ0) is 19.1. The lowest BCUT2D eigenvalue weighted by atomic mass is 10.2. The minimum Gasteiger partial charge on any atom is -0.493 e. The molecule has 1 heterocycles. The van der Waals surface area contributed by atoms with E-state index in [1.807, 2.05) is 54.6 Å². The Hall–Kier alpha value is -2.27. The molecule has 0 unspecified atom stereocenters. The predicted octanol–water partition coefficient (Wildman–Crippen LogP) is 5.27. The Morgan fingerprint density at radius 2 is 1.78 bits per heavy atom. The van der Waals surface area contributed by atoms with E-state index in [-0.39, 0.29) is 0 Å². The summed E-state index contributed by atoms with van der Waals surface area (Å²) in [5.74, 6) is 1.13. The van der Waals surface area contributed by atoms with Crippen LogP contribution in [-0.2, 0) is 19.7 Å². The lowest BCUT2D eigenvalue weighted by molar-refractivity contribution is 0.284. The van der Waals surface area contributed by atoms with Crippen LogP contribution in [0.1, 0.15) is 16.8 Å². The molecule has 0 atom stereocenters. The van der Waals surface area contributed by atoms with Crippen LogP contribution in [-0.4, -0.2) is 12.1 Å². The maximum Gasteiger partial charge on any atom is 0.180 e. The molecule has 3 rings (SSSR count). The van der Waals surface area contributed by atoms with Gasteiger partial charge in [-0.1, -0.05) is 41.4 Å². The number of aromatic nitrogens is 1. The second-order valence-electron chi connectivity index (χ2n) is 5.95. The van der Waals surface area contributed by atoms with Gasteiger partial charge >= 0.3 is 0 Å². The van der Waals surface area contributed by atoms with Gasteiger partial charge in [-0.2, -0.15) is 0 Å². The Morgan fingerprint density at radius 1 is 0.963 bits per heavy atom. The first kappa shape index (κ1) is 19.5. The van der Waals surface area contributed by atoms with Crippen molar-refractivity contribution in [2.45, 2.75) is 19.7 Å². The third-order valence-corrected chi connectivity index (χ3v) is 4.48. The van der Waals surface area contributed by atoms with Crippen molar-refractivity contribution in [3.05, 3.63) is 87.7 Å². The van der Waals surface area contributed by atoms with Crippen LogP contribution in [0, 0.1) is 0 Å². The van der Waals surface area contributed by atoms with E-state index in [2.05, 4.69) is 10.3 Å². The molecular weight excluding hydrogens is 383 g/mol. The van der Waals surface area contributed by atoms with Crippen molar-refractivity contribution in [1.82, 2.24) is 10.3 Å². The van der Waals surface area contributed by atoms with Crippen LogP contribution >= 0.6 is 23.2 Å². The van der Waals surface area contributed by atoms with Gasteiger partial charge < -0.3 is 14.8 Å². The second-order valence-corrected chi connectivity index (χ2v) is 6.79. The molecule has 0 radical (unpaired) electrons. The molecule has 2 aromatic carbocycles. The van der Waals surface area contributed by atoms with Crippen molar-refractivity contribution >= 4 is 23.2 Å². The summed E-state index contributed by atoms with van der Waals surface area (Å²) in [4.78, 5) is 4.29. The monoisotopic (exact) mass is 402 g/mol. The second kappa shape index (κ2) is 9.60. The first-order valence-electron chi connectivity index (χ1n) is 8.50. The van der Waals surface area contributed by atoms with E-state index in [0.29, 0.717) is 41.2 Å². The van der Waals surface area contributed by atoms with Crippen LogP contribution in [0.3, 0.4) is 0 Å². The number of ether oxygens (including phenoxy) is 2. The molecule has 0 fully saturated rings. The number of halogens is 2. The fourth-order valence-electron chi connectivity index (χ4n) is 2.59. The zero-order valence-electron chi connectivity index (χ0n) is 14.9. The standard InChI is InChI=1S/C21H20Cl2N2O2/c1-26-20-11-16(12-24-13-18-4-2-3-9-25-18)10-19(23)21(20)27-14-15-5-7-17(22)8-6-15/h2-11,24H,12-14H2,1H3. The van der Waals surface area contributed by atoms with Crippen LogP contribution in [0.4, 0.5) is 0 Å². The van der Waals surface area contributed by atoms with Crippen LogP contribution in [0.2, 0.25) is 10.0 Å². The number of pyridine rings is 1. The zero-order valence-corrected chi connectivity index (χ0v) is 16.4. The van der Waals surface area contributed by atoms with E-state index in [0.717, 1.165) is 16.8 Å². The van der Waals surface area contributed by atoms with Crippen molar-refractivity contribution < 1.29 is 9.47 Å². The Balaban J connectivity index is 1.64. The van der Waals surface area contributed by atoms with Crippen LogP contribution in [0.15, 0.2) is 60.8 Å². The molecule has 0 amide bonds. The summed E-state index contributed by atoms with van der Waals surface area (Å²) in [6.07, 6.45) is 1.78. The molecule has 3 aromatic rings. The third-order valence-electron chi connectivity index (χ3n) is 3.95. The van der Waals surface area contributed by atoms with Crippen molar-refractivity contribution in [2.75, 3.05) is 7.11 Å². The fraction of sp³-hybridized carbons (Fsp3) is 0.190. The molecule has 0 aliphatic heterocycles. The van der Waals surface area contributed by atoms with Gasteiger partial charge in [-0.05, 0) is 47.5 Å². The summed E-state index contributed by atoms with van der Waals surface area (Å²) < 4.78 is 11.4. The number of rotatable bonds is 8. The van der Waals surface area contributed by atoms with Crippen molar-refractivity contribution in [2.24, 2.45) is 0 Å². The van der Waals surface area contributed by atoms with Crippen molar-refractivity contribution in [3.63, 3.8) is 0 Å². The smallest absolute Gasteiger partial charge is 0.180 e. The molecule has 1 aromatic heterocycles. The van der Waals surface area contributed by atoms with Crippen LogP contribution in [0.5, 0.6) is 11.5 Å². The number of hydrogen-bond acceptors (Lipinski definition) is 4. The van der Waals surface area contributed by atoms with E-state index in [9.17, 15) is 0 Å². The molecule has 27 heavy (non-hydrogen) atoms. The molecule has 0 saturated carbocycles. The number of methoxy groups -OCH3 is 1. The maximum absolute atomic E-state index is 6.43. The van der Waals surface area contributed by atoms with E-state index in [1.54, 1.807) is 13.3 Å².